The molecule has 8 heteroatoms. The third kappa shape index (κ3) is 5.15. The number of benzene rings is 2. The minimum absolute atomic E-state index is 0.393. The highest BCUT2D eigenvalue weighted by Crippen LogP contribution is 2.19. The van der Waals surface area contributed by atoms with Crippen LogP contribution in [0.5, 0.6) is 0 Å². The van der Waals surface area contributed by atoms with Gasteiger partial charge in [0.2, 0.25) is 0 Å². The molecule has 2 rings (SSSR count). The molecule has 0 aliphatic carbocycles. The second kappa shape index (κ2) is 8.77. The van der Waals surface area contributed by atoms with Crippen molar-refractivity contribution in [3.05, 3.63) is 64.2 Å². The molecule has 0 aliphatic rings. The van der Waals surface area contributed by atoms with E-state index in [2.05, 4.69) is 20.6 Å². The third-order valence-electron chi connectivity index (χ3n) is 3.35. The number of carbonyl (C=O) groups excluding carboxylic acids is 3. The van der Waals surface area contributed by atoms with Gasteiger partial charge in [-0.1, -0.05) is 29.8 Å². The van der Waals surface area contributed by atoms with E-state index >= 15 is 0 Å². The molecule has 26 heavy (non-hydrogen) atoms. The molecule has 0 unspecified atom stereocenters. The predicted molar refractivity (Wildman–Crippen MR) is 98.3 cm³/mol. The first kappa shape index (κ1) is 19.1. The number of anilines is 1. The van der Waals surface area contributed by atoms with Gasteiger partial charge in [0.05, 0.1) is 18.9 Å². The number of nitrogens with one attached hydrogen (secondary N) is 2. The summed E-state index contributed by atoms with van der Waals surface area (Å²) < 4.78 is 4.60. The molecule has 0 bridgehead atoms. The van der Waals surface area contributed by atoms with Gasteiger partial charge in [-0.2, -0.15) is 5.10 Å². The molecular formula is C18H16ClN3O4. The van der Waals surface area contributed by atoms with Crippen molar-refractivity contribution in [3.8, 4) is 0 Å². The molecular weight excluding hydrogens is 358 g/mol. The van der Waals surface area contributed by atoms with Gasteiger partial charge in [0.15, 0.2) is 0 Å². The van der Waals surface area contributed by atoms with Crippen molar-refractivity contribution in [1.82, 2.24) is 5.43 Å². The number of aryl methyl sites for hydroxylation is 1. The number of rotatable bonds is 4. The zero-order chi connectivity index (χ0) is 19.1. The number of halogens is 1. The van der Waals surface area contributed by atoms with Gasteiger partial charge >= 0.3 is 17.8 Å². The maximum absolute atomic E-state index is 11.8. The van der Waals surface area contributed by atoms with Crippen molar-refractivity contribution in [2.45, 2.75) is 6.92 Å². The van der Waals surface area contributed by atoms with E-state index in [1.165, 1.54) is 13.3 Å². The summed E-state index contributed by atoms with van der Waals surface area (Å²) in [5.74, 6) is -2.25. The summed E-state index contributed by atoms with van der Waals surface area (Å²) >= 11 is 5.96. The average Bonchev–Trinajstić information content (AvgIpc) is 2.64. The van der Waals surface area contributed by atoms with E-state index in [0.717, 1.165) is 5.56 Å². The van der Waals surface area contributed by atoms with Gasteiger partial charge < -0.3 is 10.1 Å². The Morgan fingerprint density at radius 1 is 1.08 bits per heavy atom. The highest BCUT2D eigenvalue weighted by molar-refractivity contribution is 6.39. The van der Waals surface area contributed by atoms with Crippen molar-refractivity contribution >= 4 is 41.3 Å². The van der Waals surface area contributed by atoms with E-state index in [-0.39, 0.29) is 0 Å². The zero-order valence-electron chi connectivity index (χ0n) is 14.1. The number of esters is 1. The highest BCUT2D eigenvalue weighted by atomic mass is 35.5. The van der Waals surface area contributed by atoms with Crippen molar-refractivity contribution in [1.29, 1.82) is 0 Å². The molecule has 2 aromatic carbocycles. The van der Waals surface area contributed by atoms with Gasteiger partial charge in [0, 0.05) is 10.7 Å². The van der Waals surface area contributed by atoms with E-state index in [0.29, 0.717) is 21.8 Å². The van der Waals surface area contributed by atoms with Crippen LogP contribution in [0.3, 0.4) is 0 Å². The molecule has 2 amide bonds. The SMILES string of the molecule is COC(=O)c1ccc(/C=N/NC(=O)C(=O)Nc2ccc(C)c(Cl)c2)cc1. The summed E-state index contributed by atoms with van der Waals surface area (Å²) in [5.41, 5.74) is 4.41. The quantitative estimate of drug-likeness (QED) is 0.372. The normalized spacial score (nSPS) is 10.4. The monoisotopic (exact) mass is 373 g/mol. The molecule has 7 nitrogen and oxygen atoms in total. The average molecular weight is 374 g/mol. The van der Waals surface area contributed by atoms with Crippen LogP contribution in [-0.2, 0) is 14.3 Å². The Kier molecular flexibility index (Phi) is 6.46. The van der Waals surface area contributed by atoms with Gasteiger partial charge in [0.1, 0.15) is 0 Å². The Morgan fingerprint density at radius 3 is 2.38 bits per heavy atom. The van der Waals surface area contributed by atoms with Crippen LogP contribution in [0.1, 0.15) is 21.5 Å². The lowest BCUT2D eigenvalue weighted by atomic mass is 10.1. The van der Waals surface area contributed by atoms with Gasteiger partial charge in [-0.3, -0.25) is 9.59 Å². The number of ether oxygens (including phenoxy) is 1. The van der Waals surface area contributed by atoms with E-state index in [1.807, 2.05) is 6.92 Å². The molecule has 0 heterocycles. The summed E-state index contributed by atoms with van der Waals surface area (Å²) in [4.78, 5) is 34.9. The number of nitrogens with zero attached hydrogens (tertiary/aromatic N) is 1. The summed E-state index contributed by atoms with van der Waals surface area (Å²) in [6.45, 7) is 1.83. The lowest BCUT2D eigenvalue weighted by Crippen LogP contribution is -2.32. The molecule has 0 saturated carbocycles. The fraction of sp³-hybridized carbons (Fsp3) is 0.111. The van der Waals surface area contributed by atoms with Crippen LogP contribution in [0.4, 0.5) is 5.69 Å². The molecule has 0 fully saturated rings. The molecule has 2 aromatic rings. The van der Waals surface area contributed by atoms with Crippen molar-refractivity contribution < 1.29 is 19.1 Å². The van der Waals surface area contributed by atoms with Crippen LogP contribution in [0, 0.1) is 6.92 Å². The predicted octanol–water partition coefficient (Wildman–Crippen LogP) is 2.52. The van der Waals surface area contributed by atoms with Crippen LogP contribution >= 0.6 is 11.6 Å². The molecule has 0 aliphatic heterocycles. The summed E-state index contributed by atoms with van der Waals surface area (Å²) in [6, 6.07) is 11.3. The molecule has 0 atom stereocenters. The Hall–Kier alpha value is -3.19. The number of hydrogen-bond donors (Lipinski definition) is 2. The second-order valence-corrected chi connectivity index (χ2v) is 5.64. The lowest BCUT2D eigenvalue weighted by molar-refractivity contribution is -0.136. The van der Waals surface area contributed by atoms with E-state index in [4.69, 9.17) is 11.6 Å². The fourth-order valence-electron chi connectivity index (χ4n) is 1.90. The van der Waals surface area contributed by atoms with Crippen molar-refractivity contribution in [3.63, 3.8) is 0 Å². The standard InChI is InChI=1S/C18H16ClN3O4/c1-11-3-8-14(9-15(11)19)21-16(23)17(24)22-20-10-12-4-6-13(7-5-12)18(25)26-2/h3-10H,1-2H3,(H,21,23)(H,22,24)/b20-10+. The molecule has 0 saturated heterocycles. The van der Waals surface area contributed by atoms with Crippen LogP contribution in [0.25, 0.3) is 0 Å². The molecule has 0 aromatic heterocycles. The Bertz CT molecular complexity index is 863. The Morgan fingerprint density at radius 2 is 1.77 bits per heavy atom. The third-order valence-corrected chi connectivity index (χ3v) is 3.75. The lowest BCUT2D eigenvalue weighted by Gasteiger charge is -2.05. The maximum atomic E-state index is 11.8. The highest BCUT2D eigenvalue weighted by Gasteiger charge is 2.13. The fourth-order valence-corrected chi connectivity index (χ4v) is 2.08. The minimum atomic E-state index is -0.927. The maximum Gasteiger partial charge on any atom is 0.337 e. The molecule has 0 radical (unpaired) electrons. The van der Waals surface area contributed by atoms with Gasteiger partial charge in [-0.05, 0) is 42.3 Å². The summed E-state index contributed by atoms with van der Waals surface area (Å²) in [5, 5.41) is 6.61. The first-order chi connectivity index (χ1) is 12.4. The van der Waals surface area contributed by atoms with Gasteiger partial charge in [0.25, 0.3) is 0 Å². The van der Waals surface area contributed by atoms with Crippen molar-refractivity contribution in [2.75, 3.05) is 12.4 Å². The number of carbonyl (C=O) groups is 3. The Labute approximate surface area is 155 Å². The van der Waals surface area contributed by atoms with Crippen LogP contribution in [-0.4, -0.2) is 31.1 Å². The largest absolute Gasteiger partial charge is 0.465 e. The summed E-state index contributed by atoms with van der Waals surface area (Å²) in [6.07, 6.45) is 1.34. The Balaban J connectivity index is 1.90. The van der Waals surface area contributed by atoms with E-state index < -0.39 is 17.8 Å². The van der Waals surface area contributed by atoms with Crippen LogP contribution in [0.2, 0.25) is 5.02 Å². The van der Waals surface area contributed by atoms with Gasteiger partial charge in [-0.15, -0.1) is 0 Å². The van der Waals surface area contributed by atoms with Crippen molar-refractivity contribution in [2.24, 2.45) is 5.10 Å². The molecule has 0 spiro atoms. The molecule has 134 valence electrons. The summed E-state index contributed by atoms with van der Waals surface area (Å²) in [7, 11) is 1.29. The zero-order valence-corrected chi connectivity index (χ0v) is 14.8. The van der Waals surface area contributed by atoms with Gasteiger partial charge in [-0.25, -0.2) is 10.2 Å². The minimum Gasteiger partial charge on any atom is -0.465 e. The smallest absolute Gasteiger partial charge is 0.337 e. The number of methoxy groups -OCH3 is 1. The molecule has 2 N–H and O–H groups in total. The first-order valence-electron chi connectivity index (χ1n) is 7.49. The number of hydrazone groups is 1. The van der Waals surface area contributed by atoms with E-state index in [1.54, 1.807) is 42.5 Å². The van der Waals surface area contributed by atoms with Crippen LogP contribution in [0.15, 0.2) is 47.6 Å². The number of amides is 2. The second-order valence-electron chi connectivity index (χ2n) is 5.23. The van der Waals surface area contributed by atoms with Crippen LogP contribution < -0.4 is 10.7 Å². The topological polar surface area (TPSA) is 96.9 Å². The van der Waals surface area contributed by atoms with E-state index in [9.17, 15) is 14.4 Å². The first-order valence-corrected chi connectivity index (χ1v) is 7.87. The number of hydrogen-bond acceptors (Lipinski definition) is 5.